The molecule has 5 nitrogen and oxygen atoms in total. The molecule has 0 aromatic carbocycles. The van der Waals surface area contributed by atoms with Gasteiger partial charge in [-0.15, -0.1) is 0 Å². The summed E-state index contributed by atoms with van der Waals surface area (Å²) in [5, 5.41) is 25.4. The van der Waals surface area contributed by atoms with E-state index in [2.05, 4.69) is 0 Å². The first kappa shape index (κ1) is 12.2. The third kappa shape index (κ3) is 3.49. The van der Waals surface area contributed by atoms with Gasteiger partial charge in [0.05, 0.1) is 12.2 Å². The minimum absolute atomic E-state index is 0. The molecule has 0 spiro atoms. The maximum absolute atomic E-state index is 9.72. The second-order valence-electron chi connectivity index (χ2n) is 1.14. The Kier molecular flexibility index (Phi) is 6.43. The molecule has 0 aliphatic carbocycles. The largest absolute Gasteiger partial charge is 1.00 e. The normalized spacial score (nSPS) is 9.80. The summed E-state index contributed by atoms with van der Waals surface area (Å²) in [6, 6.07) is 0. The molecule has 0 aromatic rings. The summed E-state index contributed by atoms with van der Waals surface area (Å²) in [5.74, 6) is -3.64. The maximum Gasteiger partial charge on any atom is 1.00 e. The first-order valence-corrected chi connectivity index (χ1v) is 1.88. The number of rotatable bonds is 2. The van der Waals surface area contributed by atoms with Crippen LogP contribution in [0, 0.1) is 0 Å². The van der Waals surface area contributed by atoms with Crippen molar-refractivity contribution in [2.24, 2.45) is 0 Å². The first-order valence-electron chi connectivity index (χ1n) is 1.88. The molecule has 0 bridgehead atoms. The summed E-state index contributed by atoms with van der Waals surface area (Å²) >= 11 is 0. The second-order valence-corrected chi connectivity index (χ2v) is 1.14. The van der Waals surface area contributed by atoms with Crippen molar-refractivity contribution >= 4 is 11.9 Å². The van der Waals surface area contributed by atoms with Gasteiger partial charge in [0.25, 0.3) is 0 Å². The average Bonchev–Trinajstić information content (AvgIpc) is 1.64. The Bertz CT molecular complexity index is 156. The van der Waals surface area contributed by atoms with Gasteiger partial charge in [-0.05, 0) is 0 Å². The fourth-order valence-corrected chi connectivity index (χ4v) is 0.195. The maximum atomic E-state index is 9.72. The van der Waals surface area contributed by atoms with Crippen LogP contribution in [-0.4, -0.2) is 22.2 Å². The zero-order chi connectivity index (χ0) is 7.44. The number of carbonyl (C=O) groups excluding carboxylic acids is 1. The molecule has 0 atom stereocenters. The van der Waals surface area contributed by atoms with Crippen LogP contribution in [0.4, 0.5) is 0 Å². The third-order valence-corrected chi connectivity index (χ3v) is 0.579. The predicted octanol–water partition coefficient (Wildman–Crippen LogP) is -4.73. The topological polar surface area (TPSA) is 97.7 Å². The third-order valence-electron chi connectivity index (χ3n) is 0.579. The van der Waals surface area contributed by atoms with Gasteiger partial charge in [0.2, 0.25) is 0 Å². The van der Waals surface area contributed by atoms with E-state index in [1.165, 1.54) is 0 Å². The van der Waals surface area contributed by atoms with Crippen LogP contribution < -0.4 is 34.7 Å². The Morgan fingerprint density at radius 3 is 1.80 bits per heavy atom. The van der Waals surface area contributed by atoms with E-state index < -0.39 is 17.5 Å². The van der Waals surface area contributed by atoms with Crippen molar-refractivity contribution < 1.29 is 54.5 Å². The molecule has 0 aliphatic heterocycles. The van der Waals surface area contributed by atoms with Crippen LogP contribution in [0.3, 0.4) is 0 Å². The molecule has 0 aromatic heterocycles. The fourth-order valence-electron chi connectivity index (χ4n) is 0.195. The molecule has 0 saturated carbocycles. The summed E-state index contributed by atoms with van der Waals surface area (Å²) in [5.41, 5.74) is -1.16. The number of carboxylic acid groups (broad SMARTS) is 2. The van der Waals surface area contributed by atoms with Crippen LogP contribution in [0.25, 0.3) is 0 Å². The van der Waals surface area contributed by atoms with Crippen molar-refractivity contribution in [2.45, 2.75) is 0 Å². The van der Waals surface area contributed by atoms with Crippen molar-refractivity contribution in [1.82, 2.24) is 0 Å². The summed E-state index contributed by atoms with van der Waals surface area (Å²) in [6.07, 6.45) is -0.0301. The summed E-state index contributed by atoms with van der Waals surface area (Å²) in [7, 11) is 0. The van der Waals surface area contributed by atoms with Crippen LogP contribution in [0.2, 0.25) is 0 Å². The van der Waals surface area contributed by atoms with E-state index >= 15 is 0 Å². The average molecular weight is 154 g/mol. The Hall–Kier alpha value is -0.520. The quantitative estimate of drug-likeness (QED) is 0.137. The number of aliphatic hydroxyl groups is 1. The van der Waals surface area contributed by atoms with Gasteiger partial charge >= 0.3 is 35.5 Å². The standard InChI is InChI=1S/C4H4O5.Na/c5-1-2(3(6)7)4(8)9;/h1,5H,(H,6,7)(H,8,9);/q;+1/p-1. The van der Waals surface area contributed by atoms with Crippen molar-refractivity contribution in [3.8, 4) is 0 Å². The van der Waals surface area contributed by atoms with Gasteiger partial charge in [-0.2, -0.15) is 0 Å². The first-order chi connectivity index (χ1) is 4.09. The van der Waals surface area contributed by atoms with Gasteiger partial charge < -0.3 is 20.1 Å². The van der Waals surface area contributed by atoms with Crippen molar-refractivity contribution in [2.75, 3.05) is 0 Å². The van der Waals surface area contributed by atoms with Gasteiger partial charge in [0, 0.05) is 0 Å². The van der Waals surface area contributed by atoms with Crippen LogP contribution in [0.5, 0.6) is 0 Å². The van der Waals surface area contributed by atoms with Gasteiger partial charge in [0.15, 0.2) is 0 Å². The number of carboxylic acids is 2. The monoisotopic (exact) mass is 154 g/mol. The zero-order valence-electron chi connectivity index (χ0n) is 5.20. The van der Waals surface area contributed by atoms with Gasteiger partial charge in [-0.3, -0.25) is 0 Å². The number of aliphatic hydroxyl groups excluding tert-OH is 1. The van der Waals surface area contributed by atoms with E-state index in [0.29, 0.717) is 0 Å². The zero-order valence-corrected chi connectivity index (χ0v) is 7.20. The number of carbonyl (C=O) groups is 2. The van der Waals surface area contributed by atoms with E-state index in [1.54, 1.807) is 0 Å². The van der Waals surface area contributed by atoms with E-state index in [4.69, 9.17) is 10.2 Å². The van der Waals surface area contributed by atoms with Crippen molar-refractivity contribution in [1.29, 1.82) is 0 Å². The Labute approximate surface area is 78.3 Å². The smallest absolute Gasteiger partial charge is 0.544 e. The number of hydrogen-bond acceptors (Lipinski definition) is 4. The molecule has 0 amide bonds. The molecule has 0 rings (SSSR count). The van der Waals surface area contributed by atoms with E-state index in [9.17, 15) is 14.7 Å². The molecule has 0 aliphatic rings. The summed E-state index contributed by atoms with van der Waals surface area (Å²) in [4.78, 5) is 19.4. The summed E-state index contributed by atoms with van der Waals surface area (Å²) < 4.78 is 0. The van der Waals surface area contributed by atoms with E-state index in [-0.39, 0.29) is 35.8 Å². The molecule has 10 heavy (non-hydrogen) atoms. The molecule has 50 valence electrons. The van der Waals surface area contributed by atoms with Crippen LogP contribution in [0.1, 0.15) is 0 Å². The Morgan fingerprint density at radius 1 is 1.40 bits per heavy atom. The SMILES string of the molecule is O=C([O-])C(=CO)C(=O)O.[Na+]. The van der Waals surface area contributed by atoms with Gasteiger partial charge in [0.1, 0.15) is 5.57 Å². The van der Waals surface area contributed by atoms with Crippen molar-refractivity contribution in [3.05, 3.63) is 11.8 Å². The Morgan fingerprint density at radius 2 is 1.80 bits per heavy atom. The van der Waals surface area contributed by atoms with Crippen LogP contribution in [0.15, 0.2) is 11.8 Å². The van der Waals surface area contributed by atoms with Crippen molar-refractivity contribution in [3.63, 3.8) is 0 Å². The minimum Gasteiger partial charge on any atom is -0.544 e. The van der Waals surface area contributed by atoms with Crippen LogP contribution >= 0.6 is 0 Å². The van der Waals surface area contributed by atoms with Crippen LogP contribution in [-0.2, 0) is 9.59 Å². The predicted molar refractivity (Wildman–Crippen MR) is 23.4 cm³/mol. The van der Waals surface area contributed by atoms with Gasteiger partial charge in [-0.25, -0.2) is 4.79 Å². The fraction of sp³-hybridized carbons (Fsp3) is 0. The Balaban J connectivity index is 0. The molecule has 2 N–H and O–H groups in total. The molecule has 0 fully saturated rings. The molecule has 0 saturated heterocycles. The molecule has 0 radical (unpaired) electrons. The molecular formula is C4H3NaO5. The molecular weight excluding hydrogens is 151 g/mol. The molecule has 0 heterocycles. The van der Waals surface area contributed by atoms with E-state index in [0.717, 1.165) is 0 Å². The van der Waals surface area contributed by atoms with E-state index in [1.807, 2.05) is 0 Å². The number of aliphatic carboxylic acids is 2. The van der Waals surface area contributed by atoms with Gasteiger partial charge in [-0.1, -0.05) is 0 Å². The number of hydrogen-bond donors (Lipinski definition) is 2. The second kappa shape index (κ2) is 5.28. The summed E-state index contributed by atoms with van der Waals surface area (Å²) in [6.45, 7) is 0. The minimum atomic E-state index is -1.91. The molecule has 6 heteroatoms. The molecule has 0 unspecified atom stereocenters.